The summed E-state index contributed by atoms with van der Waals surface area (Å²) in [7, 11) is 0. The van der Waals surface area contributed by atoms with Crippen LogP contribution in [0, 0.1) is 11.7 Å². The molecule has 5 rings (SSSR count). The maximum Gasteiger partial charge on any atom is 0.270 e. The lowest BCUT2D eigenvalue weighted by atomic mass is 9.90. The molecule has 158 valence electrons. The van der Waals surface area contributed by atoms with Gasteiger partial charge in [-0.2, -0.15) is 0 Å². The summed E-state index contributed by atoms with van der Waals surface area (Å²) in [6, 6.07) is 20.7. The molecule has 0 saturated carbocycles. The topological polar surface area (TPSA) is 38.4 Å². The molecule has 4 aromatic rings. The number of rotatable bonds is 5. The molecule has 2 aromatic heterocycles. The number of benzene rings is 2. The fourth-order valence-corrected chi connectivity index (χ4v) is 4.59. The van der Waals surface area contributed by atoms with Crippen molar-refractivity contribution in [2.24, 2.45) is 5.92 Å². The monoisotopic (exact) mass is 416 g/mol. The van der Waals surface area contributed by atoms with Gasteiger partial charge in [0.1, 0.15) is 11.5 Å². The number of fused-ring (bicyclic) bond motifs is 1. The molecular formula is C26H25FN2O2. The van der Waals surface area contributed by atoms with Gasteiger partial charge in [0.05, 0.1) is 11.8 Å². The van der Waals surface area contributed by atoms with Crippen molar-refractivity contribution in [3.63, 3.8) is 0 Å². The van der Waals surface area contributed by atoms with Crippen molar-refractivity contribution in [1.29, 1.82) is 0 Å². The van der Waals surface area contributed by atoms with Gasteiger partial charge in [-0.3, -0.25) is 4.79 Å². The van der Waals surface area contributed by atoms with Gasteiger partial charge in [0, 0.05) is 31.8 Å². The summed E-state index contributed by atoms with van der Waals surface area (Å²) in [5, 5.41) is 0. The zero-order chi connectivity index (χ0) is 21.2. The molecular weight excluding hydrogens is 391 g/mol. The molecule has 2 aromatic carbocycles. The first-order chi connectivity index (χ1) is 15.2. The minimum absolute atomic E-state index is 0.0148. The van der Waals surface area contributed by atoms with Crippen LogP contribution in [0.25, 0.3) is 11.1 Å². The second-order valence-electron chi connectivity index (χ2n) is 8.34. The molecule has 0 bridgehead atoms. The van der Waals surface area contributed by atoms with Crippen LogP contribution in [0.15, 0.2) is 77.4 Å². The Kier molecular flexibility index (Phi) is 5.33. The SMILES string of the molecule is O=C(c1cc2occc2n1Cc1cccc(F)c1)N1CCC(Cc2ccccc2)CC1. The highest BCUT2D eigenvalue weighted by molar-refractivity contribution is 5.97. The van der Waals surface area contributed by atoms with Crippen molar-refractivity contribution in [3.8, 4) is 0 Å². The van der Waals surface area contributed by atoms with Gasteiger partial charge in [-0.15, -0.1) is 0 Å². The van der Waals surface area contributed by atoms with Gasteiger partial charge in [0.15, 0.2) is 5.58 Å². The van der Waals surface area contributed by atoms with Crippen LogP contribution < -0.4 is 0 Å². The molecule has 0 aliphatic carbocycles. The van der Waals surface area contributed by atoms with Crippen molar-refractivity contribution in [1.82, 2.24) is 9.47 Å². The van der Waals surface area contributed by atoms with E-state index in [-0.39, 0.29) is 11.7 Å². The Morgan fingerprint density at radius 3 is 2.52 bits per heavy atom. The van der Waals surface area contributed by atoms with Gasteiger partial charge in [-0.1, -0.05) is 42.5 Å². The van der Waals surface area contributed by atoms with Gasteiger partial charge < -0.3 is 13.9 Å². The summed E-state index contributed by atoms with van der Waals surface area (Å²) >= 11 is 0. The summed E-state index contributed by atoms with van der Waals surface area (Å²) in [6.45, 7) is 1.93. The standard InChI is InChI=1S/C26H25FN2O2/c27-22-8-4-7-21(16-22)18-29-23-11-14-31-25(23)17-24(29)26(30)28-12-9-20(10-13-28)15-19-5-2-1-3-6-19/h1-8,11,14,16-17,20H,9-10,12-13,15,18H2. The van der Waals surface area contributed by atoms with E-state index in [1.165, 1.54) is 17.7 Å². The van der Waals surface area contributed by atoms with E-state index < -0.39 is 0 Å². The van der Waals surface area contributed by atoms with Crippen LogP contribution in [0.4, 0.5) is 4.39 Å². The summed E-state index contributed by atoms with van der Waals surface area (Å²) in [4.78, 5) is 15.3. The Balaban J connectivity index is 1.33. The molecule has 1 saturated heterocycles. The first-order valence-corrected chi connectivity index (χ1v) is 10.8. The number of furan rings is 1. The Labute approximate surface area is 180 Å². The molecule has 0 spiro atoms. The van der Waals surface area contributed by atoms with Gasteiger partial charge in [-0.25, -0.2) is 4.39 Å². The third-order valence-corrected chi connectivity index (χ3v) is 6.24. The largest absolute Gasteiger partial charge is 0.463 e. The predicted molar refractivity (Wildman–Crippen MR) is 118 cm³/mol. The first kappa shape index (κ1) is 19.6. The zero-order valence-corrected chi connectivity index (χ0v) is 17.3. The average Bonchev–Trinajstić information content (AvgIpc) is 3.37. The molecule has 31 heavy (non-hydrogen) atoms. The van der Waals surface area contributed by atoms with Crippen LogP contribution in [-0.2, 0) is 13.0 Å². The first-order valence-electron chi connectivity index (χ1n) is 10.8. The highest BCUT2D eigenvalue weighted by atomic mass is 19.1. The third kappa shape index (κ3) is 4.13. The smallest absolute Gasteiger partial charge is 0.270 e. The van der Waals surface area contributed by atoms with Crippen LogP contribution in [0.2, 0.25) is 0 Å². The van der Waals surface area contributed by atoms with Crippen molar-refractivity contribution >= 4 is 17.0 Å². The number of carbonyl (C=O) groups excluding carboxylic acids is 1. The number of likely N-dealkylation sites (tertiary alicyclic amines) is 1. The van der Waals surface area contributed by atoms with Crippen LogP contribution >= 0.6 is 0 Å². The van der Waals surface area contributed by atoms with Gasteiger partial charge >= 0.3 is 0 Å². The van der Waals surface area contributed by atoms with Crippen LogP contribution in [-0.4, -0.2) is 28.5 Å². The van der Waals surface area contributed by atoms with E-state index in [9.17, 15) is 9.18 Å². The minimum atomic E-state index is -0.276. The second-order valence-corrected chi connectivity index (χ2v) is 8.34. The lowest BCUT2D eigenvalue weighted by Gasteiger charge is -2.32. The Bertz CT molecular complexity index is 1190. The lowest BCUT2D eigenvalue weighted by Crippen LogP contribution is -2.39. The summed E-state index contributed by atoms with van der Waals surface area (Å²) in [5.74, 6) is 0.337. The molecule has 3 heterocycles. The second kappa shape index (κ2) is 8.42. The molecule has 0 N–H and O–H groups in total. The molecule has 0 atom stereocenters. The summed E-state index contributed by atoms with van der Waals surface area (Å²) < 4.78 is 21.2. The van der Waals surface area contributed by atoms with Gasteiger partial charge in [0.25, 0.3) is 5.91 Å². The quantitative estimate of drug-likeness (QED) is 0.430. The number of amides is 1. The van der Waals surface area contributed by atoms with E-state index in [1.54, 1.807) is 12.3 Å². The third-order valence-electron chi connectivity index (χ3n) is 6.24. The molecule has 5 heteroatoms. The number of carbonyl (C=O) groups is 1. The summed E-state index contributed by atoms with van der Waals surface area (Å²) in [5.41, 5.74) is 4.30. The van der Waals surface area contributed by atoms with Crippen molar-refractivity contribution in [2.45, 2.75) is 25.8 Å². The zero-order valence-electron chi connectivity index (χ0n) is 17.3. The molecule has 1 aliphatic heterocycles. The van der Waals surface area contributed by atoms with E-state index in [4.69, 9.17) is 4.42 Å². The minimum Gasteiger partial charge on any atom is -0.463 e. The highest BCUT2D eigenvalue weighted by Crippen LogP contribution is 2.27. The summed E-state index contributed by atoms with van der Waals surface area (Å²) in [6.07, 6.45) is 4.69. The Hall–Kier alpha value is -3.34. The van der Waals surface area contributed by atoms with Gasteiger partial charge in [0.2, 0.25) is 0 Å². The maximum atomic E-state index is 13.7. The van der Waals surface area contributed by atoms with E-state index >= 15 is 0 Å². The van der Waals surface area contributed by atoms with Gasteiger partial charge in [-0.05, 0) is 48.4 Å². The number of hydrogen-bond acceptors (Lipinski definition) is 2. The van der Waals surface area contributed by atoms with Crippen LogP contribution in [0.1, 0.15) is 34.5 Å². The number of aromatic nitrogens is 1. The van der Waals surface area contributed by atoms with E-state index in [1.807, 2.05) is 33.7 Å². The molecule has 0 unspecified atom stereocenters. The molecule has 0 radical (unpaired) electrons. The maximum absolute atomic E-state index is 13.7. The van der Waals surface area contributed by atoms with Crippen molar-refractivity contribution in [3.05, 3.63) is 95.6 Å². The van der Waals surface area contributed by atoms with Crippen LogP contribution in [0.3, 0.4) is 0 Å². The number of piperidine rings is 1. The number of nitrogens with zero attached hydrogens (tertiary/aromatic N) is 2. The molecule has 1 amide bonds. The van der Waals surface area contributed by atoms with Crippen molar-refractivity contribution in [2.75, 3.05) is 13.1 Å². The van der Waals surface area contributed by atoms with E-state index in [0.717, 1.165) is 43.4 Å². The van der Waals surface area contributed by atoms with Crippen LogP contribution in [0.5, 0.6) is 0 Å². The lowest BCUT2D eigenvalue weighted by molar-refractivity contribution is 0.0680. The normalized spacial score (nSPS) is 14.9. The Morgan fingerprint density at radius 2 is 1.74 bits per heavy atom. The Morgan fingerprint density at radius 1 is 0.968 bits per heavy atom. The predicted octanol–water partition coefficient (Wildman–Crippen LogP) is 5.52. The fraction of sp³-hybridized carbons (Fsp3) is 0.269. The van der Waals surface area contributed by atoms with E-state index in [0.29, 0.717) is 23.7 Å². The van der Waals surface area contributed by atoms with Crippen molar-refractivity contribution < 1.29 is 13.6 Å². The molecule has 1 aliphatic rings. The average molecular weight is 416 g/mol. The van der Waals surface area contributed by atoms with E-state index in [2.05, 4.69) is 24.3 Å². The number of hydrogen-bond donors (Lipinski definition) is 0. The molecule has 4 nitrogen and oxygen atoms in total. The number of halogens is 1. The molecule has 1 fully saturated rings. The highest BCUT2D eigenvalue weighted by Gasteiger charge is 2.27. The fourth-order valence-electron chi connectivity index (χ4n) is 4.59.